The first-order valence-corrected chi connectivity index (χ1v) is 12.3. The number of phenols is 2. The van der Waals surface area contributed by atoms with Crippen molar-refractivity contribution in [2.75, 3.05) is 6.54 Å². The zero-order valence-electron chi connectivity index (χ0n) is 20.7. The zero-order chi connectivity index (χ0) is 26.7. The highest BCUT2D eigenvalue weighted by Gasteiger charge is 2.33. The molecular weight excluding hydrogens is 514 g/mol. The number of phenolic OH excluding ortho intramolecular Hbond substituents is 2. The van der Waals surface area contributed by atoms with E-state index in [1.807, 2.05) is 0 Å². The molecule has 1 saturated carbocycles. The van der Waals surface area contributed by atoms with Crippen LogP contribution in [0.3, 0.4) is 0 Å². The summed E-state index contributed by atoms with van der Waals surface area (Å²) in [6.07, 6.45) is 0.366. The van der Waals surface area contributed by atoms with Gasteiger partial charge in [0, 0.05) is 31.8 Å². The van der Waals surface area contributed by atoms with Gasteiger partial charge in [0.15, 0.2) is 0 Å². The Bertz CT molecular complexity index is 1190. The average molecular weight is 548 g/mol. The third-order valence-electron chi connectivity index (χ3n) is 6.66. The first-order valence-electron chi connectivity index (χ1n) is 12.3. The molecule has 2 aromatic rings. The van der Waals surface area contributed by atoms with Gasteiger partial charge in [-0.3, -0.25) is 14.4 Å². The number of aliphatic hydroxyl groups is 1. The Balaban J connectivity index is 0.00000400. The van der Waals surface area contributed by atoms with Crippen molar-refractivity contribution in [3.8, 4) is 22.6 Å². The van der Waals surface area contributed by atoms with Crippen LogP contribution in [0.4, 0.5) is 0 Å². The molecule has 1 aliphatic heterocycles. The summed E-state index contributed by atoms with van der Waals surface area (Å²) in [5.41, 5.74) is 13.9. The van der Waals surface area contributed by atoms with Crippen LogP contribution in [0.1, 0.15) is 30.4 Å². The Morgan fingerprint density at radius 3 is 2.11 bits per heavy atom. The van der Waals surface area contributed by atoms with E-state index in [0.29, 0.717) is 22.3 Å². The molecule has 4 rings (SSSR count). The fraction of sp³-hybridized carbons (Fsp3) is 0.423. The first-order chi connectivity index (χ1) is 17.6. The Hall–Kier alpha value is -3.38. The number of halogens is 1. The number of benzene rings is 2. The maximum Gasteiger partial charge on any atom is 0.243 e. The van der Waals surface area contributed by atoms with E-state index in [-0.39, 0.29) is 55.8 Å². The third-order valence-corrected chi connectivity index (χ3v) is 6.66. The number of aliphatic hydroxyl groups excluding tert-OH is 1. The summed E-state index contributed by atoms with van der Waals surface area (Å²) < 4.78 is 0. The lowest BCUT2D eigenvalue weighted by atomic mass is 9.95. The molecule has 10 N–H and O–H groups in total. The number of aromatic hydroxyl groups is 2. The highest BCUT2D eigenvalue weighted by molar-refractivity contribution is 5.93. The zero-order valence-corrected chi connectivity index (χ0v) is 21.5. The molecule has 0 aromatic heterocycles. The van der Waals surface area contributed by atoms with Crippen molar-refractivity contribution in [2.24, 2.45) is 11.5 Å². The van der Waals surface area contributed by atoms with Crippen LogP contribution in [-0.2, 0) is 27.2 Å². The molecule has 38 heavy (non-hydrogen) atoms. The molecule has 12 heteroatoms. The van der Waals surface area contributed by atoms with E-state index in [9.17, 15) is 29.7 Å². The molecule has 11 nitrogen and oxygen atoms in total. The molecule has 0 saturated heterocycles. The van der Waals surface area contributed by atoms with Gasteiger partial charge in [-0.2, -0.15) is 0 Å². The van der Waals surface area contributed by atoms with Crippen LogP contribution in [0.25, 0.3) is 11.1 Å². The first kappa shape index (κ1) is 29.2. The second kappa shape index (κ2) is 12.4. The lowest BCUT2D eigenvalue weighted by Crippen LogP contribution is -2.57. The van der Waals surface area contributed by atoms with Crippen molar-refractivity contribution < 1.29 is 29.7 Å². The van der Waals surface area contributed by atoms with Crippen LogP contribution in [0.2, 0.25) is 0 Å². The number of nitrogens with two attached hydrogens (primary N) is 2. The summed E-state index contributed by atoms with van der Waals surface area (Å²) in [5, 5.41) is 39.2. The molecule has 3 amide bonds. The van der Waals surface area contributed by atoms with Gasteiger partial charge in [0.05, 0.1) is 12.1 Å². The number of carbonyl (C=O) groups excluding carboxylic acids is 3. The van der Waals surface area contributed by atoms with E-state index in [2.05, 4.69) is 16.0 Å². The van der Waals surface area contributed by atoms with Crippen LogP contribution in [-0.4, -0.2) is 69.9 Å². The second-order valence-corrected chi connectivity index (χ2v) is 9.73. The number of nitrogens with one attached hydrogen (secondary N) is 3. The molecule has 1 fully saturated rings. The molecule has 1 heterocycles. The van der Waals surface area contributed by atoms with Crippen LogP contribution in [0.5, 0.6) is 11.5 Å². The molecule has 4 atom stereocenters. The Morgan fingerprint density at radius 1 is 0.974 bits per heavy atom. The topological polar surface area (TPSA) is 200 Å². The van der Waals surface area contributed by atoms with Crippen molar-refractivity contribution >= 4 is 30.1 Å². The lowest BCUT2D eigenvalue weighted by molar-refractivity contribution is -0.133. The maximum absolute atomic E-state index is 13.3. The predicted octanol–water partition coefficient (Wildman–Crippen LogP) is -0.430. The third kappa shape index (κ3) is 7.13. The summed E-state index contributed by atoms with van der Waals surface area (Å²) in [6.45, 7) is -0.140. The van der Waals surface area contributed by atoms with Gasteiger partial charge in [0.1, 0.15) is 23.6 Å². The van der Waals surface area contributed by atoms with E-state index < -0.39 is 42.0 Å². The molecule has 0 unspecified atom stereocenters. The molecule has 4 bridgehead atoms. The molecule has 0 spiro atoms. The van der Waals surface area contributed by atoms with Gasteiger partial charge >= 0.3 is 0 Å². The summed E-state index contributed by atoms with van der Waals surface area (Å²) >= 11 is 0. The largest absolute Gasteiger partial charge is 0.508 e. The summed E-state index contributed by atoms with van der Waals surface area (Å²) in [6, 6.07) is 6.45. The van der Waals surface area contributed by atoms with E-state index in [1.54, 1.807) is 24.3 Å². The van der Waals surface area contributed by atoms with Gasteiger partial charge in [-0.15, -0.1) is 12.4 Å². The van der Waals surface area contributed by atoms with Crippen LogP contribution in [0, 0.1) is 0 Å². The van der Waals surface area contributed by atoms with Crippen molar-refractivity contribution in [2.45, 2.75) is 62.4 Å². The molecule has 0 radical (unpaired) electrons. The second-order valence-electron chi connectivity index (χ2n) is 9.73. The molecule has 206 valence electrons. The van der Waals surface area contributed by atoms with Gasteiger partial charge in [0.25, 0.3) is 0 Å². The van der Waals surface area contributed by atoms with E-state index in [4.69, 9.17) is 11.5 Å². The van der Waals surface area contributed by atoms with Crippen molar-refractivity contribution in [3.63, 3.8) is 0 Å². The normalized spacial score (nSPS) is 22.6. The SMILES string of the molecule is Cl.NC[C@H](O)C[C@@H]1NC(=O)[C@@H](N)Cc2cc(ccc2O)-c2ccc(O)c(c2)C[C@@H](C(=O)NC2CC2)NC1=O. The van der Waals surface area contributed by atoms with Gasteiger partial charge in [0.2, 0.25) is 17.7 Å². The molecular formula is C26H34ClN5O6. The lowest BCUT2D eigenvalue weighted by Gasteiger charge is -2.25. The monoisotopic (exact) mass is 547 g/mol. The highest BCUT2D eigenvalue weighted by Crippen LogP contribution is 2.31. The summed E-state index contributed by atoms with van der Waals surface area (Å²) in [5.74, 6) is -1.87. The minimum Gasteiger partial charge on any atom is -0.508 e. The quantitative estimate of drug-likeness (QED) is 0.246. The molecule has 2 aromatic carbocycles. The molecule has 2 aliphatic rings. The Labute approximate surface area is 226 Å². The average Bonchev–Trinajstić information content (AvgIpc) is 3.68. The van der Waals surface area contributed by atoms with Crippen LogP contribution in [0.15, 0.2) is 36.4 Å². The van der Waals surface area contributed by atoms with Crippen LogP contribution >= 0.6 is 12.4 Å². The summed E-state index contributed by atoms with van der Waals surface area (Å²) in [7, 11) is 0. The minimum atomic E-state index is -1.22. The standard InChI is InChI=1S/C26H33N5O6.ClH/c27-12-18(32)11-21-26(37)31-20(25(36)29-17-3-4-17)10-16-8-14(2-6-23(16)34)13-1-5-22(33)15(7-13)9-19(28)24(35)30-21;/h1-2,5-8,17-21,32-34H,3-4,9-12,27-28H2,(H,29,36)(H,30,35)(H,31,37);1H/t18-,19+,20+,21+;/m1./s1. The van der Waals surface area contributed by atoms with Gasteiger partial charge < -0.3 is 42.7 Å². The number of fused-ring (bicyclic) bond motifs is 5. The highest BCUT2D eigenvalue weighted by atomic mass is 35.5. The predicted molar refractivity (Wildman–Crippen MR) is 143 cm³/mol. The van der Waals surface area contributed by atoms with Gasteiger partial charge in [-0.1, -0.05) is 12.1 Å². The number of amides is 3. The van der Waals surface area contributed by atoms with Crippen LogP contribution < -0.4 is 27.4 Å². The number of hydrogen-bond acceptors (Lipinski definition) is 8. The maximum atomic E-state index is 13.3. The van der Waals surface area contributed by atoms with E-state index in [0.717, 1.165) is 12.8 Å². The van der Waals surface area contributed by atoms with Crippen molar-refractivity contribution in [3.05, 3.63) is 47.5 Å². The van der Waals surface area contributed by atoms with E-state index >= 15 is 0 Å². The summed E-state index contributed by atoms with van der Waals surface area (Å²) in [4.78, 5) is 39.3. The van der Waals surface area contributed by atoms with Gasteiger partial charge in [-0.05, 0) is 59.4 Å². The Morgan fingerprint density at radius 2 is 1.55 bits per heavy atom. The van der Waals surface area contributed by atoms with Crippen molar-refractivity contribution in [1.29, 1.82) is 0 Å². The van der Waals surface area contributed by atoms with E-state index in [1.165, 1.54) is 12.1 Å². The number of rotatable bonds is 5. The van der Waals surface area contributed by atoms with Crippen molar-refractivity contribution in [1.82, 2.24) is 16.0 Å². The number of hydrogen-bond donors (Lipinski definition) is 8. The van der Waals surface area contributed by atoms with Gasteiger partial charge in [-0.25, -0.2) is 0 Å². The minimum absolute atomic E-state index is 0. The fourth-order valence-corrected chi connectivity index (χ4v) is 4.30. The Kier molecular flexibility index (Phi) is 9.55. The number of carbonyl (C=O) groups is 3. The molecule has 1 aliphatic carbocycles. The smallest absolute Gasteiger partial charge is 0.243 e. The fourth-order valence-electron chi connectivity index (χ4n) is 4.30.